The van der Waals surface area contributed by atoms with Crippen LogP contribution in [0.1, 0.15) is 6.42 Å². The van der Waals surface area contributed by atoms with Crippen LogP contribution < -0.4 is 0 Å². The first-order chi connectivity index (χ1) is 2.77. The Morgan fingerprint density at radius 3 is 2.17 bits per heavy atom. The highest BCUT2D eigenvalue weighted by Gasteiger charge is 1.90. The number of nitriles is 1. The minimum atomic E-state index is 0.162. The average Bonchev–Trinajstić information content (AvgIpc) is 1.35. The summed E-state index contributed by atoms with van der Waals surface area (Å²) in [5.41, 5.74) is 0. The summed E-state index contributed by atoms with van der Waals surface area (Å²) in [6, 6.07) is 1.97. The van der Waals surface area contributed by atoms with Crippen LogP contribution >= 0.6 is 31.9 Å². The normalized spacial score (nSPS) is 8.33. The van der Waals surface area contributed by atoms with Gasteiger partial charge in [-0.3, -0.25) is 0 Å². The van der Waals surface area contributed by atoms with Crippen molar-refractivity contribution in [3.8, 4) is 6.07 Å². The molecule has 0 aliphatic heterocycles. The monoisotopic (exact) mass is 211 g/mol. The Kier molecular flexibility index (Phi) is 3.91. The van der Waals surface area contributed by atoms with E-state index in [1.165, 1.54) is 0 Å². The number of halogens is 2. The van der Waals surface area contributed by atoms with Crippen molar-refractivity contribution in [2.45, 2.75) is 10.2 Å². The molecule has 0 atom stereocenters. The molecule has 0 aromatic heterocycles. The third-order valence-electron chi connectivity index (χ3n) is 0.246. The fraction of sp³-hybridized carbons (Fsp3) is 0.667. The molecule has 6 heavy (non-hydrogen) atoms. The summed E-state index contributed by atoms with van der Waals surface area (Å²) in [5.74, 6) is 0. The third-order valence-corrected chi connectivity index (χ3v) is 0.893. The van der Waals surface area contributed by atoms with Crippen molar-refractivity contribution >= 4 is 31.9 Å². The van der Waals surface area contributed by atoms with Gasteiger partial charge in [0.15, 0.2) is 0 Å². The van der Waals surface area contributed by atoms with Crippen LogP contribution in [0.4, 0.5) is 0 Å². The molecule has 0 heterocycles. The average molecular weight is 213 g/mol. The summed E-state index contributed by atoms with van der Waals surface area (Å²) >= 11 is 6.26. The van der Waals surface area contributed by atoms with Gasteiger partial charge in [0.1, 0.15) is 0 Å². The molecule has 0 saturated carbocycles. The van der Waals surface area contributed by atoms with E-state index in [1.54, 1.807) is 0 Å². The minimum Gasteiger partial charge on any atom is -0.198 e. The predicted molar refractivity (Wildman–Crippen MR) is 31.9 cm³/mol. The largest absolute Gasteiger partial charge is 0.198 e. The van der Waals surface area contributed by atoms with Crippen molar-refractivity contribution < 1.29 is 0 Å². The molecular formula is C3H3Br2N. The molecule has 1 nitrogen and oxygen atoms in total. The predicted octanol–water partition coefficient (Wildman–Crippen LogP) is 2.02. The van der Waals surface area contributed by atoms with Crippen molar-refractivity contribution in [3.05, 3.63) is 0 Å². The molecule has 0 rings (SSSR count). The fourth-order valence-corrected chi connectivity index (χ4v) is 0.359. The lowest BCUT2D eigenvalue weighted by Gasteiger charge is -1.83. The van der Waals surface area contributed by atoms with Crippen molar-refractivity contribution in [2.24, 2.45) is 0 Å². The van der Waals surface area contributed by atoms with Gasteiger partial charge in [0.25, 0.3) is 0 Å². The van der Waals surface area contributed by atoms with Gasteiger partial charge in [0, 0.05) is 0 Å². The van der Waals surface area contributed by atoms with Gasteiger partial charge in [-0.15, -0.1) is 0 Å². The van der Waals surface area contributed by atoms with Crippen molar-refractivity contribution in [2.75, 3.05) is 0 Å². The van der Waals surface area contributed by atoms with E-state index in [0.29, 0.717) is 6.42 Å². The molecule has 0 aliphatic carbocycles. The van der Waals surface area contributed by atoms with Gasteiger partial charge in [-0.2, -0.15) is 5.26 Å². The van der Waals surface area contributed by atoms with Gasteiger partial charge in [-0.25, -0.2) is 0 Å². The van der Waals surface area contributed by atoms with Gasteiger partial charge >= 0.3 is 0 Å². The molecule has 0 bridgehead atoms. The number of alkyl halides is 2. The van der Waals surface area contributed by atoms with Gasteiger partial charge < -0.3 is 0 Å². The van der Waals surface area contributed by atoms with Gasteiger partial charge in [0.05, 0.1) is 16.2 Å². The molecule has 0 fully saturated rings. The van der Waals surface area contributed by atoms with Crippen molar-refractivity contribution in [3.63, 3.8) is 0 Å². The lowest BCUT2D eigenvalue weighted by Crippen LogP contribution is -1.76. The van der Waals surface area contributed by atoms with Crippen LogP contribution in [0.2, 0.25) is 0 Å². The Hall–Kier alpha value is 0.450. The first-order valence-electron chi connectivity index (χ1n) is 1.42. The van der Waals surface area contributed by atoms with Crippen LogP contribution in [0.25, 0.3) is 0 Å². The summed E-state index contributed by atoms with van der Waals surface area (Å²) in [6.07, 6.45) is 0.514. The van der Waals surface area contributed by atoms with Gasteiger partial charge in [0.2, 0.25) is 0 Å². The zero-order chi connectivity index (χ0) is 4.99. The molecule has 0 aromatic carbocycles. The van der Waals surface area contributed by atoms with Gasteiger partial charge in [-0.1, -0.05) is 31.9 Å². The first-order valence-corrected chi connectivity index (χ1v) is 3.25. The smallest absolute Gasteiger partial charge is 0.0827 e. The lowest BCUT2D eigenvalue weighted by molar-refractivity contribution is 1.21. The minimum absolute atomic E-state index is 0.162. The third kappa shape index (κ3) is 4.45. The molecule has 0 unspecified atom stereocenters. The summed E-state index contributed by atoms with van der Waals surface area (Å²) in [6.45, 7) is 0. The molecule has 3 heteroatoms. The molecular weight excluding hydrogens is 210 g/mol. The molecule has 0 saturated heterocycles. The standard InChI is InChI=1S/C3H3Br2N/c4-3(5)1-2-6/h3H,1H2. The first kappa shape index (κ1) is 6.45. The molecule has 0 aromatic rings. The van der Waals surface area contributed by atoms with Gasteiger partial charge in [-0.05, 0) is 0 Å². The summed E-state index contributed by atoms with van der Waals surface area (Å²) < 4.78 is 0.162. The zero-order valence-corrected chi connectivity index (χ0v) is 6.16. The van der Waals surface area contributed by atoms with E-state index in [0.717, 1.165) is 0 Å². The summed E-state index contributed by atoms with van der Waals surface area (Å²) in [7, 11) is 0. The second-order valence-corrected chi connectivity index (χ2v) is 4.19. The molecule has 0 N–H and O–H groups in total. The quantitative estimate of drug-likeness (QED) is 0.611. The SMILES string of the molecule is N#CCC(Br)Br. The molecule has 0 amide bonds. The fourth-order valence-electron chi connectivity index (χ4n) is 0.0690. The Labute approximate surface area is 53.6 Å². The number of hydrogen-bond acceptors (Lipinski definition) is 1. The molecule has 0 spiro atoms. The highest BCUT2D eigenvalue weighted by molar-refractivity contribution is 9.24. The van der Waals surface area contributed by atoms with Crippen LogP contribution in [0, 0.1) is 11.3 Å². The van der Waals surface area contributed by atoms with E-state index in [2.05, 4.69) is 31.9 Å². The Morgan fingerprint density at radius 2 is 2.17 bits per heavy atom. The molecule has 0 aliphatic rings. The zero-order valence-electron chi connectivity index (χ0n) is 2.99. The highest BCUT2D eigenvalue weighted by Crippen LogP contribution is 2.10. The van der Waals surface area contributed by atoms with Crippen LogP contribution in [-0.2, 0) is 0 Å². The topological polar surface area (TPSA) is 23.8 Å². The van der Waals surface area contributed by atoms with Crippen LogP contribution in [-0.4, -0.2) is 3.74 Å². The molecule has 0 radical (unpaired) electrons. The van der Waals surface area contributed by atoms with E-state index in [4.69, 9.17) is 5.26 Å². The van der Waals surface area contributed by atoms with Crippen molar-refractivity contribution in [1.82, 2.24) is 0 Å². The Bertz CT molecular complexity index is 63.7. The number of nitrogens with zero attached hydrogens (tertiary/aromatic N) is 1. The lowest BCUT2D eigenvalue weighted by atomic mass is 10.6. The van der Waals surface area contributed by atoms with Crippen molar-refractivity contribution in [1.29, 1.82) is 5.26 Å². The second kappa shape index (κ2) is 3.63. The van der Waals surface area contributed by atoms with Crippen LogP contribution in [0.3, 0.4) is 0 Å². The maximum atomic E-state index is 7.93. The Balaban J connectivity index is 2.88. The number of hydrogen-bond donors (Lipinski definition) is 0. The second-order valence-electron chi connectivity index (χ2n) is 0.753. The van der Waals surface area contributed by atoms with E-state index in [1.807, 2.05) is 6.07 Å². The maximum Gasteiger partial charge on any atom is 0.0827 e. The number of rotatable bonds is 1. The Morgan fingerprint density at radius 1 is 1.67 bits per heavy atom. The van der Waals surface area contributed by atoms with E-state index in [9.17, 15) is 0 Å². The van der Waals surface area contributed by atoms with Crippen LogP contribution in [0.15, 0.2) is 0 Å². The maximum absolute atomic E-state index is 7.93. The summed E-state index contributed by atoms with van der Waals surface area (Å²) in [5, 5.41) is 7.93. The van der Waals surface area contributed by atoms with E-state index in [-0.39, 0.29) is 3.74 Å². The highest BCUT2D eigenvalue weighted by atomic mass is 79.9. The molecule has 34 valence electrons. The summed E-state index contributed by atoms with van der Waals surface area (Å²) in [4.78, 5) is 0. The van der Waals surface area contributed by atoms with Crippen LogP contribution in [0.5, 0.6) is 0 Å². The van der Waals surface area contributed by atoms with E-state index < -0.39 is 0 Å². The van der Waals surface area contributed by atoms with E-state index >= 15 is 0 Å².